The first-order chi connectivity index (χ1) is 9.91. The van der Waals surface area contributed by atoms with Crippen molar-refractivity contribution in [1.29, 1.82) is 0 Å². The van der Waals surface area contributed by atoms with E-state index in [4.69, 9.17) is 11.6 Å². The van der Waals surface area contributed by atoms with Crippen molar-refractivity contribution in [3.05, 3.63) is 38.9 Å². The summed E-state index contributed by atoms with van der Waals surface area (Å²) in [5.41, 5.74) is -0.168. The van der Waals surface area contributed by atoms with Crippen LogP contribution < -0.4 is 0 Å². The number of rotatable bonds is 3. The average molecular weight is 376 g/mol. The van der Waals surface area contributed by atoms with Gasteiger partial charge < -0.3 is 4.90 Å². The molecule has 1 fully saturated rings. The van der Waals surface area contributed by atoms with E-state index in [1.165, 1.54) is 18.2 Å². The number of carbonyl (C=O) groups is 1. The molecule has 0 radical (unpaired) electrons. The van der Waals surface area contributed by atoms with Crippen LogP contribution in [0.1, 0.15) is 36.0 Å². The zero-order valence-corrected chi connectivity index (χ0v) is 13.9. The molecule has 0 saturated heterocycles. The Balaban J connectivity index is 2.29. The lowest BCUT2D eigenvalue weighted by atomic mass is 9.94. The molecule has 1 aromatic carbocycles. The first-order valence-electron chi connectivity index (χ1n) is 6.77. The lowest BCUT2D eigenvalue weighted by molar-refractivity contribution is -0.385. The Hall–Kier alpha value is -1.14. The van der Waals surface area contributed by atoms with Crippen molar-refractivity contribution < 1.29 is 9.72 Å². The van der Waals surface area contributed by atoms with E-state index in [0.29, 0.717) is 0 Å². The number of halogens is 2. The second-order valence-corrected chi connectivity index (χ2v) is 6.82. The third-order valence-electron chi connectivity index (χ3n) is 3.85. The molecule has 0 aliphatic heterocycles. The van der Waals surface area contributed by atoms with Crippen LogP contribution in [0.15, 0.2) is 18.2 Å². The Kier molecular flexibility index (Phi) is 5.22. The van der Waals surface area contributed by atoms with Crippen LogP contribution in [0.4, 0.5) is 5.69 Å². The molecule has 1 amide bonds. The number of nitrogens with zero attached hydrogens (tertiary/aromatic N) is 2. The predicted molar refractivity (Wildman–Crippen MR) is 85.2 cm³/mol. The number of nitro benzene ring substituents is 1. The lowest BCUT2D eigenvalue weighted by Gasteiger charge is -2.35. The molecule has 0 N–H and O–H groups in total. The summed E-state index contributed by atoms with van der Waals surface area (Å²) in [5, 5.41) is 11.4. The predicted octanol–water partition coefficient (Wildman–Crippen LogP) is 4.03. The fourth-order valence-electron chi connectivity index (χ4n) is 2.68. The second-order valence-electron chi connectivity index (χ2n) is 5.20. The normalized spacial score (nSPS) is 21.9. The van der Waals surface area contributed by atoms with Gasteiger partial charge in [-0.05, 0) is 25.0 Å². The van der Waals surface area contributed by atoms with Gasteiger partial charge in [0.2, 0.25) is 0 Å². The number of hydrogen-bond donors (Lipinski definition) is 0. The number of carbonyl (C=O) groups excluding carboxylic acids is 1. The van der Waals surface area contributed by atoms with Crippen LogP contribution in [0.5, 0.6) is 0 Å². The first-order valence-corrected chi connectivity index (χ1v) is 8.06. The van der Waals surface area contributed by atoms with Crippen molar-refractivity contribution in [3.63, 3.8) is 0 Å². The second kappa shape index (κ2) is 6.75. The first kappa shape index (κ1) is 16.2. The molecular weight excluding hydrogens is 360 g/mol. The summed E-state index contributed by atoms with van der Waals surface area (Å²) in [7, 11) is 1.70. The number of hydrogen-bond acceptors (Lipinski definition) is 3. The molecule has 0 spiro atoms. The van der Waals surface area contributed by atoms with Gasteiger partial charge in [0.25, 0.3) is 11.6 Å². The van der Waals surface area contributed by atoms with E-state index in [1.54, 1.807) is 11.9 Å². The maximum atomic E-state index is 12.6. The van der Waals surface area contributed by atoms with Crippen LogP contribution in [0.2, 0.25) is 5.02 Å². The van der Waals surface area contributed by atoms with E-state index in [2.05, 4.69) is 15.9 Å². The quantitative estimate of drug-likeness (QED) is 0.455. The topological polar surface area (TPSA) is 63.5 Å². The molecule has 2 unspecified atom stereocenters. The molecule has 2 rings (SSSR count). The molecule has 1 aliphatic carbocycles. The zero-order chi connectivity index (χ0) is 15.6. The highest BCUT2D eigenvalue weighted by molar-refractivity contribution is 9.09. The fraction of sp³-hybridized carbons (Fsp3) is 0.500. The third kappa shape index (κ3) is 3.55. The van der Waals surface area contributed by atoms with Crippen molar-refractivity contribution >= 4 is 39.1 Å². The van der Waals surface area contributed by atoms with Gasteiger partial charge in [-0.15, -0.1) is 0 Å². The molecule has 114 valence electrons. The molecule has 0 bridgehead atoms. The molecular formula is C14H16BrClN2O3. The van der Waals surface area contributed by atoms with Crippen molar-refractivity contribution in [2.24, 2.45) is 0 Å². The van der Waals surface area contributed by atoms with Crippen LogP contribution in [0.25, 0.3) is 0 Å². The van der Waals surface area contributed by atoms with E-state index < -0.39 is 4.92 Å². The Labute approximate surface area is 136 Å². The molecule has 21 heavy (non-hydrogen) atoms. The molecule has 1 saturated carbocycles. The Morgan fingerprint density at radius 3 is 2.71 bits per heavy atom. The minimum absolute atomic E-state index is 0.0570. The van der Waals surface area contributed by atoms with E-state index in [1.807, 2.05) is 0 Å². The SMILES string of the molecule is CN(C(=O)c1ccc(Cl)cc1[N+](=O)[O-])C1CCCCC1Br. The number of nitro groups is 1. The van der Waals surface area contributed by atoms with E-state index >= 15 is 0 Å². The summed E-state index contributed by atoms with van der Waals surface area (Å²) in [6, 6.07) is 4.20. The summed E-state index contributed by atoms with van der Waals surface area (Å²) in [4.78, 5) is 25.0. The van der Waals surface area contributed by atoms with Crippen LogP contribution in [0.3, 0.4) is 0 Å². The van der Waals surface area contributed by atoms with Crippen molar-refractivity contribution in [3.8, 4) is 0 Å². The Bertz CT molecular complexity index is 567. The van der Waals surface area contributed by atoms with Gasteiger partial charge >= 0.3 is 0 Å². The van der Waals surface area contributed by atoms with Crippen molar-refractivity contribution in [1.82, 2.24) is 4.90 Å². The van der Waals surface area contributed by atoms with Crippen LogP contribution in [-0.2, 0) is 0 Å². The van der Waals surface area contributed by atoms with Crippen molar-refractivity contribution in [2.45, 2.75) is 36.6 Å². The summed E-state index contributed by atoms with van der Waals surface area (Å²) in [6.45, 7) is 0. The molecule has 2 atom stereocenters. The summed E-state index contributed by atoms with van der Waals surface area (Å²) in [5.74, 6) is -0.338. The van der Waals surface area contributed by atoms with Crippen LogP contribution in [-0.4, -0.2) is 33.6 Å². The molecule has 0 aromatic heterocycles. The van der Waals surface area contributed by atoms with Gasteiger partial charge in [0, 0.05) is 29.0 Å². The van der Waals surface area contributed by atoms with Crippen LogP contribution >= 0.6 is 27.5 Å². The van der Waals surface area contributed by atoms with Gasteiger partial charge in [0.1, 0.15) is 5.56 Å². The number of alkyl halides is 1. The fourth-order valence-corrected chi connectivity index (χ4v) is 3.79. The minimum atomic E-state index is -0.570. The average Bonchev–Trinajstić information content (AvgIpc) is 2.46. The van der Waals surface area contributed by atoms with E-state index in [9.17, 15) is 14.9 Å². The standard InChI is InChI=1S/C14H16BrClN2O3/c1-17(12-5-3-2-4-11(12)15)14(19)10-7-6-9(16)8-13(10)18(20)21/h6-8,11-12H,2-5H2,1H3. The highest BCUT2D eigenvalue weighted by Gasteiger charge is 2.32. The minimum Gasteiger partial charge on any atom is -0.337 e. The largest absolute Gasteiger partial charge is 0.337 e. The smallest absolute Gasteiger partial charge is 0.283 e. The molecule has 5 nitrogen and oxygen atoms in total. The highest BCUT2D eigenvalue weighted by Crippen LogP contribution is 2.30. The molecule has 1 aliphatic rings. The van der Waals surface area contributed by atoms with Gasteiger partial charge in [-0.1, -0.05) is 40.4 Å². The summed E-state index contributed by atoms with van der Waals surface area (Å²) in [6.07, 6.45) is 4.10. The van der Waals surface area contributed by atoms with E-state index in [0.717, 1.165) is 25.7 Å². The molecule has 7 heteroatoms. The van der Waals surface area contributed by atoms with Gasteiger partial charge in [0.05, 0.1) is 4.92 Å². The third-order valence-corrected chi connectivity index (χ3v) is 5.16. The van der Waals surface area contributed by atoms with Gasteiger partial charge in [0.15, 0.2) is 0 Å². The number of benzene rings is 1. The maximum absolute atomic E-state index is 12.6. The Morgan fingerprint density at radius 1 is 1.43 bits per heavy atom. The highest BCUT2D eigenvalue weighted by atomic mass is 79.9. The summed E-state index contributed by atoms with van der Waals surface area (Å²) < 4.78 is 0. The van der Waals surface area contributed by atoms with Gasteiger partial charge in [-0.3, -0.25) is 14.9 Å². The number of amides is 1. The zero-order valence-electron chi connectivity index (χ0n) is 11.6. The van der Waals surface area contributed by atoms with Crippen molar-refractivity contribution in [2.75, 3.05) is 7.05 Å². The molecule has 1 aromatic rings. The van der Waals surface area contributed by atoms with Crippen LogP contribution in [0, 0.1) is 10.1 Å². The molecule has 0 heterocycles. The van der Waals surface area contributed by atoms with Gasteiger partial charge in [-0.2, -0.15) is 0 Å². The summed E-state index contributed by atoms with van der Waals surface area (Å²) >= 11 is 9.39. The Morgan fingerprint density at radius 2 is 2.10 bits per heavy atom. The van der Waals surface area contributed by atoms with Gasteiger partial charge in [-0.25, -0.2) is 0 Å². The lowest BCUT2D eigenvalue weighted by Crippen LogP contribution is -2.44. The monoisotopic (exact) mass is 374 g/mol. The maximum Gasteiger partial charge on any atom is 0.283 e. The van der Waals surface area contributed by atoms with E-state index in [-0.39, 0.29) is 33.0 Å².